The van der Waals surface area contributed by atoms with E-state index in [4.69, 9.17) is 9.15 Å². The summed E-state index contributed by atoms with van der Waals surface area (Å²) in [5.41, 5.74) is 1.03. The van der Waals surface area contributed by atoms with Gasteiger partial charge in [0.15, 0.2) is 0 Å². The fourth-order valence-corrected chi connectivity index (χ4v) is 4.29. The maximum Gasteiger partial charge on any atom is 0.374 e. The van der Waals surface area contributed by atoms with Crippen LogP contribution < -0.4 is 10.0 Å². The molecule has 9 heteroatoms. The molecule has 0 saturated carbocycles. The highest BCUT2D eigenvalue weighted by Gasteiger charge is 2.22. The molecule has 1 aliphatic rings. The minimum atomic E-state index is -3.62. The second kappa shape index (κ2) is 9.05. The molecule has 0 unspecified atom stereocenters. The molecule has 2 N–H and O–H groups in total. The predicted octanol–water partition coefficient (Wildman–Crippen LogP) is 2.76. The first-order valence-corrected chi connectivity index (χ1v) is 10.3. The van der Waals surface area contributed by atoms with Gasteiger partial charge in [-0.15, -0.1) is 12.4 Å². The minimum absolute atomic E-state index is 0. The summed E-state index contributed by atoms with van der Waals surface area (Å²) in [6, 6.07) is 4.96. The quantitative estimate of drug-likeness (QED) is 0.673. The third-order valence-corrected chi connectivity index (χ3v) is 6.08. The number of halogens is 1. The van der Waals surface area contributed by atoms with Gasteiger partial charge >= 0.3 is 5.97 Å². The molecular formula is C18H25ClN2O5S. The van der Waals surface area contributed by atoms with Crippen LogP contribution in [-0.4, -0.2) is 40.1 Å². The van der Waals surface area contributed by atoms with Crippen LogP contribution in [0.15, 0.2) is 27.5 Å². The molecule has 1 saturated heterocycles. The zero-order valence-corrected chi connectivity index (χ0v) is 17.0. The smallest absolute Gasteiger partial charge is 0.374 e. The Morgan fingerprint density at radius 3 is 2.85 bits per heavy atom. The number of benzene rings is 1. The fourth-order valence-electron chi connectivity index (χ4n) is 3.21. The van der Waals surface area contributed by atoms with Crippen molar-refractivity contribution >= 4 is 39.4 Å². The fraction of sp³-hybridized carbons (Fsp3) is 0.500. The Morgan fingerprint density at radius 2 is 2.19 bits per heavy atom. The predicted molar refractivity (Wildman–Crippen MR) is 105 cm³/mol. The summed E-state index contributed by atoms with van der Waals surface area (Å²) in [4.78, 5) is 12.1. The molecule has 0 amide bonds. The van der Waals surface area contributed by atoms with Crippen LogP contribution in [0.4, 0.5) is 0 Å². The average molecular weight is 417 g/mol. The van der Waals surface area contributed by atoms with Crippen LogP contribution >= 0.6 is 12.4 Å². The molecule has 0 spiro atoms. The van der Waals surface area contributed by atoms with Gasteiger partial charge in [-0.1, -0.05) is 0 Å². The lowest BCUT2D eigenvalue weighted by Gasteiger charge is -2.11. The van der Waals surface area contributed by atoms with E-state index in [1.165, 1.54) is 12.1 Å². The number of aryl methyl sites for hydroxylation is 1. The number of esters is 1. The number of hydrogen-bond donors (Lipinski definition) is 2. The Morgan fingerprint density at radius 1 is 1.41 bits per heavy atom. The Balaban J connectivity index is 0.00000261. The summed E-state index contributed by atoms with van der Waals surface area (Å²) >= 11 is 0. The first-order chi connectivity index (χ1) is 12.4. The standard InChI is InChI=1S/C18H24N2O5S.ClH/c1-3-24-18(21)17-12(2)15-11-14(6-7-16(15)25-17)26(22,23)20-10-8-13-5-4-9-19-13;/h6-7,11,13,19-20H,3-5,8-10H2,1-2H3;1H/t13-;/m1./s1. The molecule has 0 bridgehead atoms. The minimum Gasteiger partial charge on any atom is -0.460 e. The van der Waals surface area contributed by atoms with Crippen LogP contribution in [0, 0.1) is 6.92 Å². The van der Waals surface area contributed by atoms with E-state index in [1.54, 1.807) is 19.9 Å². The highest BCUT2D eigenvalue weighted by atomic mass is 35.5. The zero-order valence-electron chi connectivity index (χ0n) is 15.4. The summed E-state index contributed by atoms with van der Waals surface area (Å²) in [5, 5.41) is 3.94. The van der Waals surface area contributed by atoms with E-state index in [-0.39, 0.29) is 29.7 Å². The highest BCUT2D eigenvalue weighted by molar-refractivity contribution is 7.89. The van der Waals surface area contributed by atoms with Crippen molar-refractivity contribution in [3.63, 3.8) is 0 Å². The van der Waals surface area contributed by atoms with Gasteiger partial charge in [0, 0.05) is 23.5 Å². The van der Waals surface area contributed by atoms with Crippen molar-refractivity contribution in [2.75, 3.05) is 19.7 Å². The van der Waals surface area contributed by atoms with Crippen LogP contribution in [0.1, 0.15) is 42.3 Å². The van der Waals surface area contributed by atoms with Gasteiger partial charge in [0.25, 0.3) is 0 Å². The second-order valence-electron chi connectivity index (χ2n) is 6.41. The molecule has 1 aromatic heterocycles. The van der Waals surface area contributed by atoms with Crippen molar-refractivity contribution in [3.05, 3.63) is 29.5 Å². The number of carbonyl (C=O) groups excluding carboxylic acids is 1. The van der Waals surface area contributed by atoms with E-state index in [0.29, 0.717) is 29.1 Å². The Bertz CT molecular complexity index is 904. The second-order valence-corrected chi connectivity index (χ2v) is 8.18. The molecular weight excluding hydrogens is 392 g/mol. The van der Waals surface area contributed by atoms with E-state index in [2.05, 4.69) is 10.0 Å². The van der Waals surface area contributed by atoms with Gasteiger partial charge in [-0.05, 0) is 57.9 Å². The van der Waals surface area contributed by atoms with Crippen molar-refractivity contribution < 1.29 is 22.4 Å². The van der Waals surface area contributed by atoms with Gasteiger partial charge in [-0.25, -0.2) is 17.9 Å². The van der Waals surface area contributed by atoms with Crippen LogP contribution in [-0.2, 0) is 14.8 Å². The molecule has 2 aromatic rings. The number of sulfonamides is 1. The highest BCUT2D eigenvalue weighted by Crippen LogP contribution is 2.28. The molecule has 27 heavy (non-hydrogen) atoms. The third kappa shape index (κ3) is 4.82. The monoisotopic (exact) mass is 416 g/mol. The molecule has 2 heterocycles. The Labute approximate surface area is 165 Å². The molecule has 1 aromatic carbocycles. The van der Waals surface area contributed by atoms with E-state index in [0.717, 1.165) is 25.8 Å². The average Bonchev–Trinajstić information content (AvgIpc) is 3.23. The van der Waals surface area contributed by atoms with Gasteiger partial charge in [0.1, 0.15) is 5.58 Å². The summed E-state index contributed by atoms with van der Waals surface area (Å²) < 4.78 is 38.2. The van der Waals surface area contributed by atoms with Crippen molar-refractivity contribution in [1.29, 1.82) is 0 Å². The lowest BCUT2D eigenvalue weighted by Crippen LogP contribution is -2.30. The van der Waals surface area contributed by atoms with E-state index < -0.39 is 16.0 Å². The lowest BCUT2D eigenvalue weighted by molar-refractivity contribution is 0.0491. The number of nitrogens with one attached hydrogen (secondary N) is 2. The molecule has 1 fully saturated rings. The summed E-state index contributed by atoms with van der Waals surface area (Å²) in [6.07, 6.45) is 2.98. The largest absolute Gasteiger partial charge is 0.460 e. The molecule has 1 atom stereocenters. The SMILES string of the molecule is CCOC(=O)c1oc2ccc(S(=O)(=O)NCC[C@H]3CCCN3)cc2c1C.Cl. The van der Waals surface area contributed by atoms with Crippen molar-refractivity contribution in [3.8, 4) is 0 Å². The van der Waals surface area contributed by atoms with E-state index >= 15 is 0 Å². The van der Waals surface area contributed by atoms with Gasteiger partial charge in [-0.3, -0.25) is 0 Å². The number of hydrogen-bond acceptors (Lipinski definition) is 6. The molecule has 7 nitrogen and oxygen atoms in total. The Hall–Kier alpha value is -1.61. The third-order valence-electron chi connectivity index (χ3n) is 4.63. The van der Waals surface area contributed by atoms with Crippen LogP contribution in [0.5, 0.6) is 0 Å². The lowest BCUT2D eigenvalue weighted by atomic mass is 10.1. The van der Waals surface area contributed by atoms with Crippen molar-refractivity contribution in [1.82, 2.24) is 10.0 Å². The summed E-state index contributed by atoms with van der Waals surface area (Å²) in [5.74, 6) is -0.440. The van der Waals surface area contributed by atoms with E-state index in [1.807, 2.05) is 0 Å². The van der Waals surface area contributed by atoms with Gasteiger partial charge in [-0.2, -0.15) is 0 Å². The van der Waals surface area contributed by atoms with E-state index in [9.17, 15) is 13.2 Å². The van der Waals surface area contributed by atoms with Gasteiger partial charge in [0.2, 0.25) is 15.8 Å². The maximum absolute atomic E-state index is 12.6. The molecule has 3 rings (SSSR count). The first kappa shape index (κ1) is 21.7. The topological polar surface area (TPSA) is 97.6 Å². The van der Waals surface area contributed by atoms with Crippen LogP contribution in [0.3, 0.4) is 0 Å². The Kier molecular flexibility index (Phi) is 7.27. The first-order valence-electron chi connectivity index (χ1n) is 8.85. The number of carbonyl (C=O) groups is 1. The molecule has 150 valence electrons. The number of fused-ring (bicyclic) bond motifs is 1. The van der Waals surface area contributed by atoms with Crippen LogP contribution in [0.25, 0.3) is 11.0 Å². The number of furan rings is 1. The molecule has 0 aliphatic carbocycles. The van der Waals surface area contributed by atoms with Crippen LogP contribution in [0.2, 0.25) is 0 Å². The van der Waals surface area contributed by atoms with Crippen molar-refractivity contribution in [2.45, 2.75) is 44.0 Å². The molecule has 1 aliphatic heterocycles. The zero-order chi connectivity index (χ0) is 18.7. The summed E-state index contributed by atoms with van der Waals surface area (Å²) in [7, 11) is -3.62. The summed E-state index contributed by atoms with van der Waals surface area (Å²) in [6.45, 7) is 5.06. The van der Waals surface area contributed by atoms with Gasteiger partial charge < -0.3 is 14.5 Å². The number of ether oxygens (including phenoxy) is 1. The van der Waals surface area contributed by atoms with Crippen molar-refractivity contribution in [2.24, 2.45) is 0 Å². The molecule has 0 radical (unpaired) electrons. The maximum atomic E-state index is 12.6. The number of rotatable bonds is 7. The normalized spacial score (nSPS) is 17.0. The van der Waals surface area contributed by atoms with Gasteiger partial charge in [0.05, 0.1) is 11.5 Å².